The zero-order valence-electron chi connectivity index (χ0n) is 12.2. The van der Waals surface area contributed by atoms with Crippen molar-refractivity contribution in [3.63, 3.8) is 0 Å². The molecule has 0 saturated carbocycles. The lowest BCUT2D eigenvalue weighted by atomic mass is 10.2. The number of rotatable bonds is 4. The van der Waals surface area contributed by atoms with Crippen LogP contribution in [-0.4, -0.2) is 44.1 Å². The third kappa shape index (κ3) is 3.16. The van der Waals surface area contributed by atoms with E-state index in [4.69, 9.17) is 0 Å². The fourth-order valence-electron chi connectivity index (χ4n) is 2.64. The van der Waals surface area contributed by atoms with Crippen LogP contribution in [0.4, 0.5) is 5.13 Å². The van der Waals surface area contributed by atoms with Gasteiger partial charge < -0.3 is 10.2 Å². The van der Waals surface area contributed by atoms with Gasteiger partial charge in [-0.2, -0.15) is 5.10 Å². The van der Waals surface area contributed by atoms with E-state index in [0.29, 0.717) is 17.4 Å². The van der Waals surface area contributed by atoms with E-state index in [1.807, 2.05) is 21.8 Å². The van der Waals surface area contributed by atoms with E-state index in [1.165, 1.54) is 18.3 Å². The second-order valence-electron chi connectivity index (χ2n) is 5.24. The number of hydrogen-bond acceptors (Lipinski definition) is 5. The van der Waals surface area contributed by atoms with E-state index >= 15 is 0 Å². The number of hydrogen-bond donors (Lipinski definition) is 1. The summed E-state index contributed by atoms with van der Waals surface area (Å²) in [6.45, 7) is 2.85. The molecule has 0 unspecified atom stereocenters. The Hall–Kier alpha value is -2.22. The first-order valence-corrected chi connectivity index (χ1v) is 8.03. The highest BCUT2D eigenvalue weighted by atomic mass is 32.1. The third-order valence-electron chi connectivity index (χ3n) is 3.60. The summed E-state index contributed by atoms with van der Waals surface area (Å²) in [6, 6.07) is 2.01. The normalized spacial score (nSPS) is 17.7. The Bertz CT molecular complexity index is 667. The minimum Gasteiger partial charge on any atom is -0.332 e. The Kier molecular flexibility index (Phi) is 4.19. The van der Waals surface area contributed by atoms with Crippen molar-refractivity contribution in [1.82, 2.24) is 19.7 Å². The molecule has 1 aliphatic heterocycles. The third-order valence-corrected chi connectivity index (χ3v) is 4.36. The minimum atomic E-state index is -0.189. The Morgan fingerprint density at radius 2 is 2.36 bits per heavy atom. The summed E-state index contributed by atoms with van der Waals surface area (Å²) in [5, 5.41) is 8.95. The zero-order valence-corrected chi connectivity index (χ0v) is 13.0. The second kappa shape index (κ2) is 6.27. The van der Waals surface area contributed by atoms with Crippen LogP contribution in [0.2, 0.25) is 0 Å². The molecule has 0 bridgehead atoms. The predicted octanol–water partition coefficient (Wildman–Crippen LogP) is 1.60. The van der Waals surface area contributed by atoms with Crippen molar-refractivity contribution < 1.29 is 9.59 Å². The van der Waals surface area contributed by atoms with Gasteiger partial charge in [0, 0.05) is 31.2 Å². The fourth-order valence-corrected chi connectivity index (χ4v) is 3.37. The molecule has 1 atom stereocenters. The minimum absolute atomic E-state index is 0.0810. The predicted molar refractivity (Wildman–Crippen MR) is 82.7 cm³/mol. The van der Waals surface area contributed by atoms with E-state index in [1.54, 1.807) is 11.6 Å². The summed E-state index contributed by atoms with van der Waals surface area (Å²) < 4.78 is 1.85. The second-order valence-corrected chi connectivity index (χ2v) is 6.10. The van der Waals surface area contributed by atoms with Crippen molar-refractivity contribution in [3.8, 4) is 0 Å². The van der Waals surface area contributed by atoms with Crippen LogP contribution in [-0.2, 0) is 11.3 Å². The highest BCUT2D eigenvalue weighted by molar-refractivity contribution is 7.14. The van der Waals surface area contributed by atoms with E-state index in [9.17, 15) is 9.59 Å². The van der Waals surface area contributed by atoms with Gasteiger partial charge in [-0.25, -0.2) is 4.98 Å². The van der Waals surface area contributed by atoms with Crippen LogP contribution in [0.3, 0.4) is 0 Å². The van der Waals surface area contributed by atoms with Crippen molar-refractivity contribution in [2.45, 2.75) is 32.4 Å². The van der Waals surface area contributed by atoms with Crippen molar-refractivity contribution in [3.05, 3.63) is 29.5 Å². The summed E-state index contributed by atoms with van der Waals surface area (Å²) in [5.74, 6) is -0.270. The van der Waals surface area contributed by atoms with Gasteiger partial charge >= 0.3 is 0 Å². The number of nitrogens with zero attached hydrogens (tertiary/aromatic N) is 4. The number of aromatic nitrogens is 3. The van der Waals surface area contributed by atoms with Crippen LogP contribution in [0.1, 0.15) is 30.3 Å². The van der Waals surface area contributed by atoms with Crippen LogP contribution in [0.15, 0.2) is 23.8 Å². The Labute approximate surface area is 132 Å². The first kappa shape index (κ1) is 14.7. The molecule has 8 heteroatoms. The van der Waals surface area contributed by atoms with Gasteiger partial charge in [-0.05, 0) is 18.9 Å². The van der Waals surface area contributed by atoms with Gasteiger partial charge in [0.1, 0.15) is 5.69 Å². The molecule has 3 rings (SSSR count). The lowest BCUT2D eigenvalue weighted by Crippen LogP contribution is -2.38. The Morgan fingerprint density at radius 3 is 3.09 bits per heavy atom. The van der Waals surface area contributed by atoms with Crippen LogP contribution < -0.4 is 5.32 Å². The Morgan fingerprint density at radius 1 is 1.50 bits per heavy atom. The molecule has 1 saturated heterocycles. The van der Waals surface area contributed by atoms with E-state index in [-0.39, 0.29) is 17.9 Å². The number of amides is 2. The highest BCUT2D eigenvalue weighted by Gasteiger charge is 2.31. The van der Waals surface area contributed by atoms with Crippen molar-refractivity contribution in [2.24, 2.45) is 0 Å². The SMILES string of the molecule is CC(=O)Nc1nc(C(=O)N2CCC[C@@H]2Cn2cccn2)cs1. The molecule has 22 heavy (non-hydrogen) atoms. The van der Waals surface area contributed by atoms with Gasteiger partial charge in [0.25, 0.3) is 5.91 Å². The molecule has 0 radical (unpaired) electrons. The standard InChI is InChI=1S/C14H17N5O2S/c1-10(20)16-14-17-12(9-22-14)13(21)19-7-2-4-11(19)8-18-6-3-5-15-18/h3,5-6,9,11H,2,4,7-8H2,1H3,(H,16,17,20)/t11-/m1/s1. The van der Waals surface area contributed by atoms with Crippen LogP contribution in [0, 0.1) is 0 Å². The molecule has 2 aromatic rings. The number of carbonyl (C=O) groups excluding carboxylic acids is 2. The average Bonchev–Trinajstić information content (AvgIpc) is 3.19. The summed E-state index contributed by atoms with van der Waals surface area (Å²) in [4.78, 5) is 29.7. The number of carbonyl (C=O) groups is 2. The molecule has 2 aromatic heterocycles. The molecular formula is C14H17N5O2S. The zero-order chi connectivity index (χ0) is 15.5. The van der Waals surface area contributed by atoms with Gasteiger partial charge in [0.15, 0.2) is 5.13 Å². The monoisotopic (exact) mass is 319 g/mol. The summed E-state index contributed by atoms with van der Waals surface area (Å²) in [7, 11) is 0. The van der Waals surface area contributed by atoms with Crippen LogP contribution in [0.5, 0.6) is 0 Å². The molecule has 2 amide bonds. The number of likely N-dealkylation sites (tertiary alicyclic amines) is 1. The molecule has 0 aromatic carbocycles. The molecular weight excluding hydrogens is 302 g/mol. The van der Waals surface area contributed by atoms with Crippen molar-refractivity contribution in [1.29, 1.82) is 0 Å². The molecule has 3 heterocycles. The summed E-state index contributed by atoms with van der Waals surface area (Å²) in [5.41, 5.74) is 0.390. The Balaban J connectivity index is 1.70. The van der Waals surface area contributed by atoms with Gasteiger partial charge in [-0.1, -0.05) is 0 Å². The van der Waals surface area contributed by atoms with E-state index in [2.05, 4.69) is 15.4 Å². The maximum atomic E-state index is 12.6. The van der Waals surface area contributed by atoms with Gasteiger partial charge in [-0.15, -0.1) is 11.3 Å². The van der Waals surface area contributed by atoms with E-state index in [0.717, 1.165) is 19.4 Å². The summed E-state index contributed by atoms with van der Waals surface area (Å²) in [6.07, 6.45) is 5.59. The quantitative estimate of drug-likeness (QED) is 0.928. The van der Waals surface area contributed by atoms with Gasteiger partial charge in [0.05, 0.1) is 12.6 Å². The number of thiazole rings is 1. The lowest BCUT2D eigenvalue weighted by Gasteiger charge is -2.23. The highest BCUT2D eigenvalue weighted by Crippen LogP contribution is 2.23. The van der Waals surface area contributed by atoms with Crippen molar-refractivity contribution >= 4 is 28.3 Å². The number of nitrogens with one attached hydrogen (secondary N) is 1. The smallest absolute Gasteiger partial charge is 0.273 e. The first-order chi connectivity index (χ1) is 10.6. The molecule has 1 N–H and O–H groups in total. The lowest BCUT2D eigenvalue weighted by molar-refractivity contribution is -0.114. The van der Waals surface area contributed by atoms with Gasteiger partial charge in [-0.3, -0.25) is 14.3 Å². The molecule has 0 spiro atoms. The van der Waals surface area contributed by atoms with Crippen LogP contribution >= 0.6 is 11.3 Å². The average molecular weight is 319 g/mol. The fraction of sp³-hybridized carbons (Fsp3) is 0.429. The maximum absolute atomic E-state index is 12.6. The molecule has 7 nitrogen and oxygen atoms in total. The summed E-state index contributed by atoms with van der Waals surface area (Å²) >= 11 is 1.26. The van der Waals surface area contributed by atoms with E-state index < -0.39 is 0 Å². The molecule has 1 aliphatic rings. The van der Waals surface area contributed by atoms with Gasteiger partial charge in [0.2, 0.25) is 5.91 Å². The first-order valence-electron chi connectivity index (χ1n) is 7.15. The maximum Gasteiger partial charge on any atom is 0.273 e. The van der Waals surface area contributed by atoms with Crippen molar-refractivity contribution in [2.75, 3.05) is 11.9 Å². The van der Waals surface area contributed by atoms with Crippen LogP contribution in [0.25, 0.3) is 0 Å². The largest absolute Gasteiger partial charge is 0.332 e. The topological polar surface area (TPSA) is 80.1 Å². The number of anilines is 1. The molecule has 1 fully saturated rings. The molecule has 116 valence electrons. The molecule has 0 aliphatic carbocycles.